The molecule has 5 N–H and O–H groups in total. The van der Waals surface area contributed by atoms with E-state index in [1.165, 1.54) is 30.1 Å². The van der Waals surface area contributed by atoms with E-state index in [1.54, 1.807) is 48.5 Å². The molecule has 0 bridgehead atoms. The Morgan fingerprint density at radius 2 is 1.85 bits per heavy atom. The van der Waals surface area contributed by atoms with Gasteiger partial charge in [0.05, 0.1) is 23.2 Å². The third kappa shape index (κ3) is 4.64. The second kappa shape index (κ2) is 10.2. The molecular weight excluding hydrogens is 542 g/mol. The smallest absolute Gasteiger partial charge is 0.275 e. The number of carbonyl (C=O) groups excluding carboxylic acids is 1. The lowest BCUT2D eigenvalue weighted by molar-refractivity contribution is -0.123. The number of rotatable bonds is 7. The highest BCUT2D eigenvalue weighted by Gasteiger charge is 2.46. The topological polar surface area (TPSA) is 134 Å². The molecule has 218 valence electrons. The fourth-order valence-corrected chi connectivity index (χ4v) is 7.79. The maximum Gasteiger partial charge on any atom is 0.275 e. The quantitative estimate of drug-likeness (QED) is 0.312. The van der Waals surface area contributed by atoms with Crippen molar-refractivity contribution in [1.29, 1.82) is 0 Å². The number of anilines is 1. The van der Waals surface area contributed by atoms with Gasteiger partial charge in [-0.2, -0.15) is 0 Å². The minimum absolute atomic E-state index is 0.187. The van der Waals surface area contributed by atoms with Crippen LogP contribution in [0.25, 0.3) is 10.9 Å². The number of nitrogens with zero attached hydrogens (tertiary/aromatic N) is 3. The van der Waals surface area contributed by atoms with Crippen LogP contribution in [0.5, 0.6) is 5.75 Å². The monoisotopic (exact) mass is 579 g/mol. The average molecular weight is 580 g/mol. The fourth-order valence-electron chi connectivity index (χ4n) is 6.43. The van der Waals surface area contributed by atoms with Crippen molar-refractivity contribution in [2.75, 3.05) is 26.0 Å². The second-order valence-corrected chi connectivity index (χ2v) is 12.9. The highest BCUT2D eigenvalue weighted by atomic mass is 32.2. The van der Waals surface area contributed by atoms with Crippen LogP contribution in [-0.4, -0.2) is 66.8 Å². The number of fused-ring (bicyclic) bond motifs is 1. The molecule has 2 aliphatic heterocycles. The average Bonchev–Trinajstić information content (AvgIpc) is 3.62. The maximum atomic E-state index is 13.5. The van der Waals surface area contributed by atoms with Gasteiger partial charge in [-0.25, -0.2) is 12.4 Å². The van der Waals surface area contributed by atoms with Gasteiger partial charge in [0, 0.05) is 43.3 Å². The minimum Gasteiger partial charge on any atom is -0.495 e. The molecule has 41 heavy (non-hydrogen) atoms. The van der Waals surface area contributed by atoms with Gasteiger partial charge in [0.25, 0.3) is 15.9 Å². The largest absolute Gasteiger partial charge is 0.495 e. The number of methoxy groups -OCH3 is 1. The van der Waals surface area contributed by atoms with E-state index in [4.69, 9.17) is 10.5 Å². The lowest BCUT2D eigenvalue weighted by Crippen LogP contribution is -2.76. The van der Waals surface area contributed by atoms with Crippen LogP contribution in [0.4, 0.5) is 5.69 Å². The molecule has 0 saturated heterocycles. The van der Waals surface area contributed by atoms with Crippen molar-refractivity contribution in [2.24, 2.45) is 5.73 Å². The number of hydrogen-bond acceptors (Lipinski definition) is 9. The number of nitrogens with one attached hydrogen (secondary N) is 3. The van der Waals surface area contributed by atoms with Gasteiger partial charge >= 0.3 is 0 Å². The molecule has 6 rings (SSSR count). The van der Waals surface area contributed by atoms with E-state index in [0.717, 1.165) is 31.6 Å². The summed E-state index contributed by atoms with van der Waals surface area (Å²) in [5, 5.41) is 10.2. The van der Waals surface area contributed by atoms with E-state index in [1.807, 2.05) is 11.9 Å². The summed E-state index contributed by atoms with van der Waals surface area (Å²) in [6.45, 7) is 2.94. The van der Waals surface area contributed by atoms with Crippen molar-refractivity contribution in [3.63, 3.8) is 0 Å². The number of aromatic nitrogens is 1. The van der Waals surface area contributed by atoms with Crippen LogP contribution in [0.15, 0.2) is 71.1 Å². The van der Waals surface area contributed by atoms with Gasteiger partial charge in [0.1, 0.15) is 17.3 Å². The summed E-state index contributed by atoms with van der Waals surface area (Å²) in [5.41, 5.74) is 8.34. The molecule has 2 atom stereocenters. The van der Waals surface area contributed by atoms with Crippen LogP contribution in [0.2, 0.25) is 0 Å². The minimum atomic E-state index is -3.82. The van der Waals surface area contributed by atoms with Crippen LogP contribution >= 0.6 is 0 Å². The van der Waals surface area contributed by atoms with Crippen LogP contribution in [0.3, 0.4) is 0 Å². The second-order valence-electron chi connectivity index (χ2n) is 11.0. The molecule has 12 heteroatoms. The van der Waals surface area contributed by atoms with Crippen molar-refractivity contribution < 1.29 is 17.9 Å². The van der Waals surface area contributed by atoms with Gasteiger partial charge in [-0.05, 0) is 43.5 Å². The van der Waals surface area contributed by atoms with Crippen LogP contribution in [0.1, 0.15) is 39.0 Å². The van der Waals surface area contributed by atoms with E-state index >= 15 is 0 Å². The molecule has 0 spiro atoms. The molecule has 3 heterocycles. The Bertz CT molecular complexity index is 1610. The summed E-state index contributed by atoms with van der Waals surface area (Å²) in [6, 6.07) is 14.0. The summed E-state index contributed by atoms with van der Waals surface area (Å²) in [6.07, 6.45) is 6.97. The number of amides is 1. The van der Waals surface area contributed by atoms with E-state index in [9.17, 15) is 13.2 Å². The Morgan fingerprint density at radius 1 is 1.12 bits per heavy atom. The molecule has 2 aromatic carbocycles. The number of ether oxygens (including phenoxy) is 1. The molecule has 3 aromatic rings. The molecule has 1 fully saturated rings. The molecule has 0 radical (unpaired) electrons. The predicted octanol–water partition coefficient (Wildman–Crippen LogP) is 2.73. The first-order valence-corrected chi connectivity index (χ1v) is 15.5. The molecule has 1 amide bonds. The van der Waals surface area contributed by atoms with E-state index in [0.29, 0.717) is 34.1 Å². The number of benzene rings is 2. The van der Waals surface area contributed by atoms with Gasteiger partial charge in [-0.1, -0.05) is 38.0 Å². The zero-order chi connectivity index (χ0) is 28.9. The Morgan fingerprint density at radius 3 is 2.54 bits per heavy atom. The summed E-state index contributed by atoms with van der Waals surface area (Å²) < 4.78 is 33.6. The van der Waals surface area contributed by atoms with Gasteiger partial charge in [-0.3, -0.25) is 15.8 Å². The first kappa shape index (κ1) is 27.3. The third-order valence-corrected chi connectivity index (χ3v) is 10.1. The SMILES string of the molecule is CCC1CN(C)C2=C(N[C@@](N)(Nc3cc4ccn(S(=O)(=O)c5ccccc5)c4cc3OC)NC2=O)N1C1CCCC1. The molecule has 1 saturated carbocycles. The molecule has 1 aromatic heterocycles. The highest BCUT2D eigenvalue weighted by molar-refractivity contribution is 7.90. The Kier molecular flexibility index (Phi) is 6.77. The standard InChI is InChI=1S/C29H37N7O4S/c1-4-20-18-34(2)26-27(36(20)21-10-8-9-11-21)32-29(30,33-28(26)37)31-23-16-19-14-15-35(24(19)17-25(23)40-3)41(38,39)22-12-6-5-7-13-22/h5-7,12-17,20-21,31-32H,4,8-11,18,30H2,1-3H3,(H,33,37)/t20?,29-/m1/s1. The highest BCUT2D eigenvalue weighted by Crippen LogP contribution is 2.37. The maximum absolute atomic E-state index is 13.5. The lowest BCUT2D eigenvalue weighted by atomic mass is 10.0. The van der Waals surface area contributed by atoms with Crippen LogP contribution in [-0.2, 0) is 14.8 Å². The lowest BCUT2D eigenvalue weighted by Gasteiger charge is -2.52. The Hall–Kier alpha value is -3.90. The summed E-state index contributed by atoms with van der Waals surface area (Å²) in [4.78, 5) is 18.1. The molecule has 11 nitrogen and oxygen atoms in total. The molecule has 3 aliphatic rings. The number of likely N-dealkylation sites (N-methyl/N-ethyl adjacent to an activating group) is 1. The van der Waals surface area contributed by atoms with Crippen molar-refractivity contribution in [3.8, 4) is 5.75 Å². The summed E-state index contributed by atoms with van der Waals surface area (Å²) in [5.74, 6) is -0.686. The van der Waals surface area contributed by atoms with Crippen molar-refractivity contribution in [1.82, 2.24) is 24.4 Å². The predicted molar refractivity (Wildman–Crippen MR) is 157 cm³/mol. The number of carbonyl (C=O) groups is 1. The van der Waals surface area contributed by atoms with Crippen molar-refractivity contribution >= 4 is 32.5 Å². The van der Waals surface area contributed by atoms with Crippen LogP contribution in [0, 0.1) is 0 Å². The van der Waals surface area contributed by atoms with Crippen LogP contribution < -0.4 is 26.4 Å². The Labute approximate surface area is 240 Å². The number of hydrogen-bond donors (Lipinski definition) is 4. The summed E-state index contributed by atoms with van der Waals surface area (Å²) >= 11 is 0. The van der Waals surface area contributed by atoms with Gasteiger partial charge < -0.3 is 25.2 Å². The van der Waals surface area contributed by atoms with E-state index in [-0.39, 0.29) is 16.8 Å². The fraction of sp³-hybridized carbons (Fsp3) is 0.414. The Balaban J connectivity index is 1.36. The van der Waals surface area contributed by atoms with Crippen molar-refractivity contribution in [3.05, 3.63) is 66.2 Å². The van der Waals surface area contributed by atoms with Gasteiger partial charge in [0.15, 0.2) is 0 Å². The molecule has 1 unspecified atom stereocenters. The van der Waals surface area contributed by atoms with Crippen molar-refractivity contribution in [2.45, 2.75) is 61.9 Å². The molecular formula is C29H37N7O4S. The third-order valence-electron chi connectivity index (χ3n) is 8.38. The first-order chi connectivity index (χ1) is 19.6. The van der Waals surface area contributed by atoms with E-state index < -0.39 is 15.9 Å². The van der Waals surface area contributed by atoms with Gasteiger partial charge in [-0.15, -0.1) is 0 Å². The zero-order valence-electron chi connectivity index (χ0n) is 23.6. The molecule has 1 aliphatic carbocycles. The number of nitrogens with two attached hydrogens (primary N) is 1. The summed E-state index contributed by atoms with van der Waals surface area (Å²) in [7, 11) is -0.373. The first-order valence-electron chi connectivity index (χ1n) is 14.1. The normalized spacial score (nSPS) is 23.4. The van der Waals surface area contributed by atoms with Gasteiger partial charge in [0.2, 0.25) is 5.91 Å². The zero-order valence-corrected chi connectivity index (χ0v) is 24.4. The van der Waals surface area contributed by atoms with E-state index in [2.05, 4.69) is 27.8 Å².